The van der Waals surface area contributed by atoms with E-state index in [0.29, 0.717) is 0 Å². The summed E-state index contributed by atoms with van der Waals surface area (Å²) in [5, 5.41) is 2.49. The van der Waals surface area contributed by atoms with Crippen molar-refractivity contribution in [3.05, 3.63) is 0 Å². The zero-order valence-electron chi connectivity index (χ0n) is 7.23. The molecule has 3 nitrogen and oxygen atoms in total. The first-order chi connectivity index (χ1) is 5.79. The van der Waals surface area contributed by atoms with Crippen molar-refractivity contribution >= 4 is 40.7 Å². The first-order valence-corrected chi connectivity index (χ1v) is 4.83. The number of ether oxygens (including phenoxy) is 1. The van der Waals surface area contributed by atoms with Crippen LogP contribution in [0.1, 0.15) is 13.3 Å². The summed E-state index contributed by atoms with van der Waals surface area (Å²) in [6, 6.07) is 0. The molecule has 0 aromatic rings. The molecule has 0 aromatic heterocycles. The minimum Gasteiger partial charge on any atom is -0.359 e. The van der Waals surface area contributed by atoms with E-state index in [0.717, 1.165) is 0 Å². The fourth-order valence-corrected chi connectivity index (χ4v) is 2.45. The van der Waals surface area contributed by atoms with Crippen LogP contribution in [-0.4, -0.2) is 28.5 Å². The molecule has 0 aliphatic carbocycles. The number of alkyl halides is 3. The molecule has 1 aliphatic rings. The number of nitrogens with one attached hydrogen (secondary N) is 1. The number of amides is 1. The summed E-state index contributed by atoms with van der Waals surface area (Å²) in [4.78, 5) is 10.3. The largest absolute Gasteiger partial charge is 0.359 e. The number of carbonyl (C=O) groups is 1. The highest BCUT2D eigenvalue weighted by Gasteiger charge is 2.51. The Labute approximate surface area is 91.7 Å². The molecule has 2 unspecified atom stereocenters. The molecule has 1 rings (SSSR count). The average molecular weight is 247 g/mol. The Morgan fingerprint density at radius 2 is 2.08 bits per heavy atom. The Kier molecular flexibility index (Phi) is 3.03. The molecule has 76 valence electrons. The maximum absolute atomic E-state index is 11.3. The molecule has 0 spiro atoms. The normalized spacial score (nSPS) is 38.5. The number of methoxy groups -OCH3 is 1. The van der Waals surface area contributed by atoms with Crippen molar-refractivity contribution in [1.82, 2.24) is 5.32 Å². The van der Waals surface area contributed by atoms with Crippen LogP contribution in [0.4, 0.5) is 0 Å². The molecule has 0 radical (unpaired) electrons. The maximum Gasteiger partial charge on any atom is 0.243 e. The molecule has 2 atom stereocenters. The van der Waals surface area contributed by atoms with Gasteiger partial charge in [0, 0.05) is 13.5 Å². The molecule has 1 saturated heterocycles. The number of carbonyl (C=O) groups excluding carboxylic acids is 1. The second-order valence-corrected chi connectivity index (χ2v) is 5.60. The van der Waals surface area contributed by atoms with Crippen LogP contribution in [-0.2, 0) is 9.53 Å². The van der Waals surface area contributed by atoms with Gasteiger partial charge in [-0.05, 0) is 6.92 Å². The van der Waals surface area contributed by atoms with Crippen molar-refractivity contribution in [2.24, 2.45) is 0 Å². The lowest BCUT2D eigenvalue weighted by molar-refractivity contribution is -0.131. The predicted molar refractivity (Wildman–Crippen MR) is 52.3 cm³/mol. The van der Waals surface area contributed by atoms with Crippen molar-refractivity contribution in [2.45, 2.75) is 28.8 Å². The number of piperidine rings is 1. The maximum atomic E-state index is 11.3. The van der Waals surface area contributed by atoms with Crippen LogP contribution in [0.5, 0.6) is 0 Å². The molecule has 0 bridgehead atoms. The van der Waals surface area contributed by atoms with Crippen molar-refractivity contribution in [2.75, 3.05) is 7.11 Å². The summed E-state index contributed by atoms with van der Waals surface area (Å²) in [5.74, 6) is -0.321. The zero-order chi connectivity index (χ0) is 10.3. The zero-order valence-corrected chi connectivity index (χ0v) is 9.50. The molecule has 1 amide bonds. The van der Waals surface area contributed by atoms with Crippen molar-refractivity contribution in [3.8, 4) is 0 Å². The van der Waals surface area contributed by atoms with Gasteiger partial charge in [-0.25, -0.2) is 0 Å². The van der Waals surface area contributed by atoms with E-state index in [1.54, 1.807) is 6.92 Å². The van der Waals surface area contributed by atoms with Gasteiger partial charge in [0.2, 0.25) is 5.91 Å². The van der Waals surface area contributed by atoms with Gasteiger partial charge >= 0.3 is 0 Å². The summed E-state index contributed by atoms with van der Waals surface area (Å²) in [6.45, 7) is 1.56. The van der Waals surface area contributed by atoms with Crippen LogP contribution in [0.3, 0.4) is 0 Å². The summed E-state index contributed by atoms with van der Waals surface area (Å²) >= 11 is 17.8. The Bertz CT molecular complexity index is 230. The number of halogens is 3. The third-order valence-electron chi connectivity index (χ3n) is 1.92. The number of hydrogen-bond donors (Lipinski definition) is 1. The smallest absolute Gasteiger partial charge is 0.243 e. The fraction of sp³-hybridized carbons (Fsp3) is 0.857. The van der Waals surface area contributed by atoms with E-state index in [4.69, 9.17) is 39.5 Å². The number of hydrogen-bond acceptors (Lipinski definition) is 2. The molecule has 0 saturated carbocycles. The molecule has 1 aliphatic heterocycles. The summed E-state index contributed by atoms with van der Waals surface area (Å²) in [6.07, 6.45) is -0.565. The SMILES string of the molecule is COC1NC(=O)C(C)(Cl)CC1(Cl)Cl. The summed E-state index contributed by atoms with van der Waals surface area (Å²) in [5.41, 5.74) is 0. The van der Waals surface area contributed by atoms with Crippen LogP contribution in [0.2, 0.25) is 0 Å². The molecule has 13 heavy (non-hydrogen) atoms. The average Bonchev–Trinajstić information content (AvgIpc) is 1.94. The highest BCUT2D eigenvalue weighted by atomic mass is 35.5. The predicted octanol–water partition coefficient (Wildman–Crippen LogP) is 1.65. The van der Waals surface area contributed by atoms with Crippen molar-refractivity contribution in [3.63, 3.8) is 0 Å². The molecule has 1 heterocycles. The van der Waals surface area contributed by atoms with Gasteiger partial charge in [0.1, 0.15) is 4.87 Å². The topological polar surface area (TPSA) is 38.3 Å². The lowest BCUT2D eigenvalue weighted by Crippen LogP contribution is -2.60. The Morgan fingerprint density at radius 3 is 2.54 bits per heavy atom. The van der Waals surface area contributed by atoms with E-state index < -0.39 is 15.4 Å². The molecule has 0 aromatic carbocycles. The molecule has 1 fully saturated rings. The van der Waals surface area contributed by atoms with Gasteiger partial charge < -0.3 is 10.1 Å². The highest BCUT2D eigenvalue weighted by molar-refractivity contribution is 6.50. The number of rotatable bonds is 1. The quantitative estimate of drug-likeness (QED) is 0.715. The first kappa shape index (κ1) is 11.4. The third kappa shape index (κ3) is 2.21. The Hall–Kier alpha value is 0.300. The van der Waals surface area contributed by atoms with Crippen LogP contribution in [0, 0.1) is 0 Å². The van der Waals surface area contributed by atoms with Crippen LogP contribution < -0.4 is 5.32 Å². The van der Waals surface area contributed by atoms with E-state index >= 15 is 0 Å². The monoisotopic (exact) mass is 245 g/mol. The molecular formula is C7H10Cl3NO2. The summed E-state index contributed by atoms with van der Waals surface area (Å²) < 4.78 is 3.73. The van der Waals surface area contributed by atoms with Gasteiger partial charge in [-0.2, -0.15) is 0 Å². The van der Waals surface area contributed by atoms with E-state index in [-0.39, 0.29) is 12.3 Å². The van der Waals surface area contributed by atoms with Crippen LogP contribution in [0.25, 0.3) is 0 Å². The van der Waals surface area contributed by atoms with E-state index in [1.165, 1.54) is 7.11 Å². The van der Waals surface area contributed by atoms with E-state index in [9.17, 15) is 4.79 Å². The van der Waals surface area contributed by atoms with Gasteiger partial charge in [-0.1, -0.05) is 23.2 Å². The van der Waals surface area contributed by atoms with Gasteiger partial charge in [0.05, 0.1) is 0 Å². The fourth-order valence-electron chi connectivity index (χ4n) is 1.22. The van der Waals surface area contributed by atoms with E-state index in [1.807, 2.05) is 0 Å². The third-order valence-corrected chi connectivity index (χ3v) is 2.89. The first-order valence-electron chi connectivity index (χ1n) is 3.70. The second-order valence-electron chi connectivity index (χ2n) is 3.22. The summed E-state index contributed by atoms with van der Waals surface area (Å²) in [7, 11) is 1.42. The van der Waals surface area contributed by atoms with Gasteiger partial charge in [-0.15, -0.1) is 11.6 Å². The lowest BCUT2D eigenvalue weighted by atomic mass is 9.98. The molecule has 1 N–H and O–H groups in total. The van der Waals surface area contributed by atoms with Crippen molar-refractivity contribution in [1.29, 1.82) is 0 Å². The highest BCUT2D eigenvalue weighted by Crippen LogP contribution is 2.41. The Balaban J connectivity index is 2.85. The van der Waals surface area contributed by atoms with Gasteiger partial charge in [0.15, 0.2) is 10.6 Å². The molecular weight excluding hydrogens is 236 g/mol. The van der Waals surface area contributed by atoms with E-state index in [2.05, 4.69) is 5.32 Å². The minimum atomic E-state index is -1.18. The molecule has 6 heteroatoms. The lowest BCUT2D eigenvalue weighted by Gasteiger charge is -2.40. The Morgan fingerprint density at radius 1 is 1.54 bits per heavy atom. The van der Waals surface area contributed by atoms with Crippen molar-refractivity contribution < 1.29 is 9.53 Å². The van der Waals surface area contributed by atoms with Crippen LogP contribution >= 0.6 is 34.8 Å². The van der Waals surface area contributed by atoms with Gasteiger partial charge in [-0.3, -0.25) is 4.79 Å². The standard InChI is InChI=1S/C7H10Cl3NO2/c1-6(8)3-7(9,10)5(13-2)11-4(6)12/h5H,3H2,1-2H3,(H,11,12). The van der Waals surface area contributed by atoms with Gasteiger partial charge in [0.25, 0.3) is 0 Å². The van der Waals surface area contributed by atoms with Crippen LogP contribution in [0.15, 0.2) is 0 Å². The second kappa shape index (κ2) is 3.46. The minimum absolute atomic E-state index is 0.148.